The first-order valence-electron chi connectivity index (χ1n) is 17.7. The SMILES string of the molecule is Cc1cc(OCP(=O)(O)O)cc(C)c1Cc1ccc(O)c(-c2cccc(Oc3ccc(Oc4c(C)cc(CCCP(=O)(O)O)cc4C)cc3C(C)C)c2)c1. The predicted octanol–water partition coefficient (Wildman–Crippen LogP) is 10.2. The molecule has 0 unspecified atom stereocenters. The number of benzene rings is 5. The Bertz CT molecular complexity index is 2190. The van der Waals surface area contributed by atoms with E-state index in [4.69, 9.17) is 14.2 Å². The van der Waals surface area contributed by atoms with Gasteiger partial charge in [0.25, 0.3) is 0 Å². The third-order valence-electron chi connectivity index (χ3n) is 9.14. The molecule has 12 heteroatoms. The predicted molar refractivity (Wildman–Crippen MR) is 212 cm³/mol. The van der Waals surface area contributed by atoms with Gasteiger partial charge in [-0.05, 0) is 152 Å². The fourth-order valence-electron chi connectivity index (χ4n) is 6.54. The van der Waals surface area contributed by atoms with E-state index in [1.807, 2.05) is 94.4 Å². The molecule has 54 heavy (non-hydrogen) atoms. The number of rotatable bonds is 15. The Morgan fingerprint density at radius 3 is 1.96 bits per heavy atom. The van der Waals surface area contributed by atoms with Crippen molar-refractivity contribution < 1.29 is 48.0 Å². The maximum absolute atomic E-state index is 11.3. The Labute approximate surface area is 316 Å². The van der Waals surface area contributed by atoms with Crippen molar-refractivity contribution in [1.29, 1.82) is 0 Å². The van der Waals surface area contributed by atoms with Crippen molar-refractivity contribution >= 4 is 15.2 Å². The highest BCUT2D eigenvalue weighted by molar-refractivity contribution is 7.51. The summed E-state index contributed by atoms with van der Waals surface area (Å²) in [6.45, 7) is 12.0. The Kier molecular flexibility index (Phi) is 12.8. The second-order valence-electron chi connectivity index (χ2n) is 14.1. The van der Waals surface area contributed by atoms with Crippen LogP contribution in [0, 0.1) is 27.7 Å². The number of hydrogen-bond donors (Lipinski definition) is 5. The smallest absolute Gasteiger partial charge is 0.362 e. The van der Waals surface area contributed by atoms with Gasteiger partial charge in [-0.2, -0.15) is 0 Å². The molecule has 0 heterocycles. The molecule has 0 fully saturated rings. The Hall–Kier alpha value is -4.40. The summed E-state index contributed by atoms with van der Waals surface area (Å²) >= 11 is 0. The molecular formula is C42H48O10P2. The molecule has 0 aliphatic heterocycles. The van der Waals surface area contributed by atoms with Gasteiger partial charge < -0.3 is 38.9 Å². The molecule has 5 N–H and O–H groups in total. The molecule has 0 saturated heterocycles. The van der Waals surface area contributed by atoms with E-state index in [2.05, 4.69) is 13.8 Å². The second-order valence-corrected chi connectivity index (χ2v) is 17.5. The lowest BCUT2D eigenvalue weighted by atomic mass is 9.93. The lowest BCUT2D eigenvalue weighted by Gasteiger charge is -2.18. The molecule has 0 aliphatic carbocycles. The summed E-state index contributed by atoms with van der Waals surface area (Å²) in [6, 6.07) is 26.4. The van der Waals surface area contributed by atoms with Gasteiger partial charge in [-0.1, -0.05) is 44.2 Å². The third-order valence-corrected chi connectivity index (χ3v) is 10.5. The van der Waals surface area contributed by atoms with Gasteiger partial charge >= 0.3 is 15.2 Å². The van der Waals surface area contributed by atoms with Crippen molar-refractivity contribution in [3.05, 3.63) is 129 Å². The zero-order valence-corrected chi connectivity index (χ0v) is 33.2. The van der Waals surface area contributed by atoms with E-state index in [0.29, 0.717) is 47.8 Å². The van der Waals surface area contributed by atoms with Crippen molar-refractivity contribution in [2.45, 2.75) is 66.7 Å². The molecule has 0 atom stereocenters. The van der Waals surface area contributed by atoms with Crippen LogP contribution in [0.25, 0.3) is 11.1 Å². The van der Waals surface area contributed by atoms with Crippen molar-refractivity contribution in [3.8, 4) is 45.6 Å². The second kappa shape index (κ2) is 17.0. The molecule has 0 aromatic heterocycles. The van der Waals surface area contributed by atoms with Gasteiger partial charge in [0.15, 0.2) is 6.35 Å². The van der Waals surface area contributed by atoms with Crippen LogP contribution in [0.4, 0.5) is 0 Å². The Balaban J connectivity index is 1.33. The van der Waals surface area contributed by atoms with Crippen LogP contribution in [0.1, 0.15) is 70.7 Å². The molecule has 10 nitrogen and oxygen atoms in total. The van der Waals surface area contributed by atoms with Crippen LogP contribution >= 0.6 is 15.2 Å². The van der Waals surface area contributed by atoms with E-state index in [0.717, 1.165) is 55.8 Å². The minimum absolute atomic E-state index is 0.115. The maximum Gasteiger partial charge on any atom is 0.362 e. The molecule has 0 amide bonds. The Morgan fingerprint density at radius 1 is 0.667 bits per heavy atom. The van der Waals surface area contributed by atoms with Crippen LogP contribution in [0.15, 0.2) is 84.9 Å². The van der Waals surface area contributed by atoms with Gasteiger partial charge in [0.05, 0.1) is 6.16 Å². The number of hydrogen-bond acceptors (Lipinski definition) is 6. The van der Waals surface area contributed by atoms with E-state index >= 15 is 0 Å². The number of aryl methyl sites for hydroxylation is 5. The average molecular weight is 775 g/mol. The van der Waals surface area contributed by atoms with Gasteiger partial charge in [-0.25, -0.2) is 0 Å². The largest absolute Gasteiger partial charge is 0.507 e. The topological polar surface area (TPSA) is 163 Å². The normalized spacial score (nSPS) is 11.9. The molecule has 5 rings (SSSR count). The van der Waals surface area contributed by atoms with Crippen LogP contribution in [-0.4, -0.2) is 37.2 Å². The summed E-state index contributed by atoms with van der Waals surface area (Å²) in [7, 11) is -8.32. The molecular weight excluding hydrogens is 726 g/mol. The molecule has 0 saturated carbocycles. The molecule has 0 bridgehead atoms. The average Bonchev–Trinajstić information content (AvgIpc) is 3.07. The van der Waals surface area contributed by atoms with E-state index < -0.39 is 21.5 Å². The van der Waals surface area contributed by atoms with Gasteiger partial charge in [-0.3, -0.25) is 9.13 Å². The fraction of sp³-hybridized carbons (Fsp3) is 0.286. The summed E-state index contributed by atoms with van der Waals surface area (Å²) in [5.41, 5.74) is 9.15. The van der Waals surface area contributed by atoms with E-state index in [1.165, 1.54) is 0 Å². The highest BCUT2D eigenvalue weighted by atomic mass is 31.2. The highest BCUT2D eigenvalue weighted by Gasteiger charge is 2.18. The van der Waals surface area contributed by atoms with Crippen molar-refractivity contribution in [2.24, 2.45) is 0 Å². The first-order chi connectivity index (χ1) is 25.3. The van der Waals surface area contributed by atoms with E-state index in [1.54, 1.807) is 18.2 Å². The lowest BCUT2D eigenvalue weighted by Crippen LogP contribution is -2.01. The third kappa shape index (κ3) is 11.1. The summed E-state index contributed by atoms with van der Waals surface area (Å²) in [6.07, 6.45) is 0.726. The van der Waals surface area contributed by atoms with Gasteiger partial charge in [-0.15, -0.1) is 0 Å². The van der Waals surface area contributed by atoms with Gasteiger partial charge in [0.2, 0.25) is 0 Å². The zero-order valence-electron chi connectivity index (χ0n) is 31.4. The van der Waals surface area contributed by atoms with Gasteiger partial charge in [0, 0.05) is 11.1 Å². The van der Waals surface area contributed by atoms with Crippen LogP contribution in [-0.2, 0) is 22.0 Å². The van der Waals surface area contributed by atoms with Crippen LogP contribution in [0.2, 0.25) is 0 Å². The van der Waals surface area contributed by atoms with Gasteiger partial charge in [0.1, 0.15) is 34.5 Å². The van der Waals surface area contributed by atoms with Crippen LogP contribution in [0.5, 0.6) is 34.5 Å². The first kappa shape index (κ1) is 40.8. The molecule has 0 aliphatic rings. The number of phenolic OH excluding ortho intramolecular Hbond substituents is 1. The summed E-state index contributed by atoms with van der Waals surface area (Å²) in [5, 5.41) is 10.9. The molecule has 286 valence electrons. The minimum Gasteiger partial charge on any atom is -0.507 e. The molecule has 0 spiro atoms. The number of phenols is 1. The lowest BCUT2D eigenvalue weighted by molar-refractivity contribution is 0.300. The summed E-state index contributed by atoms with van der Waals surface area (Å²) < 4.78 is 40.7. The summed E-state index contributed by atoms with van der Waals surface area (Å²) in [5.74, 6) is 3.33. The highest BCUT2D eigenvalue weighted by Crippen LogP contribution is 2.40. The number of ether oxygens (including phenoxy) is 3. The van der Waals surface area contributed by atoms with Crippen molar-refractivity contribution in [2.75, 3.05) is 12.5 Å². The quantitative estimate of drug-likeness (QED) is 0.0647. The monoisotopic (exact) mass is 774 g/mol. The fourth-order valence-corrected chi connectivity index (χ4v) is 7.43. The first-order valence-corrected chi connectivity index (χ1v) is 21.3. The van der Waals surface area contributed by atoms with Crippen molar-refractivity contribution in [1.82, 2.24) is 0 Å². The molecule has 5 aromatic rings. The molecule has 0 radical (unpaired) electrons. The Morgan fingerprint density at radius 2 is 1.33 bits per heavy atom. The van der Waals surface area contributed by atoms with Crippen LogP contribution in [0.3, 0.4) is 0 Å². The standard InChI is InChI=1S/C42H48O10P2/c1-26(2)37-24-35(52-42-29(5)17-31(18-30(42)6)9-8-16-53(44,45)46)13-15-41(37)51-34-11-7-10-33(23-34)39-22-32(12-14-40(39)43)21-38-27(3)19-36(20-28(38)4)50-25-54(47,48)49/h7,10-15,17-20,22-24,26,43H,8-9,16,21,25H2,1-6H3,(H2,44,45,46)(H2,47,48,49). The summed E-state index contributed by atoms with van der Waals surface area (Å²) in [4.78, 5) is 36.8. The maximum atomic E-state index is 11.3. The molecule has 5 aromatic carbocycles. The van der Waals surface area contributed by atoms with E-state index in [9.17, 15) is 33.8 Å². The van der Waals surface area contributed by atoms with Crippen molar-refractivity contribution in [3.63, 3.8) is 0 Å². The van der Waals surface area contributed by atoms with E-state index in [-0.39, 0.29) is 17.8 Å². The van der Waals surface area contributed by atoms with Crippen LogP contribution < -0.4 is 14.2 Å². The zero-order chi connectivity index (χ0) is 39.4. The minimum atomic E-state index is -4.30. The number of aromatic hydroxyl groups is 1.